The van der Waals surface area contributed by atoms with Crippen LogP contribution in [0.4, 0.5) is 11.4 Å². The average Bonchev–Trinajstić information content (AvgIpc) is 3.83. The number of ether oxygens (including phenoxy) is 3. The predicted molar refractivity (Wildman–Crippen MR) is 272 cm³/mol. The first-order valence-electron chi connectivity index (χ1n) is 23.4. The fraction of sp³-hybridized carbons (Fsp3) is 0.458. The first-order valence-corrected chi connectivity index (χ1v) is 29.5. The van der Waals surface area contributed by atoms with E-state index >= 15 is 0 Å². The van der Waals surface area contributed by atoms with Gasteiger partial charge in [-0.25, -0.2) is 4.79 Å². The van der Waals surface area contributed by atoms with Gasteiger partial charge in [0, 0.05) is 73.1 Å². The SMILES string of the molecule is COCCOCCOCCN1C(=CC=CC=CC=CC2=[N+](CCCCCC(=O)On3c(O)ccc3O)c3ccc(S(=O)(=O)O)cc3C2(C)CCCS(=O)(=O)O)C(C)(CCCS(=O)(=O)O)c2cc(S(=O)(=O)O)ccc21. The molecule has 408 valence electrons. The molecule has 3 aromatic rings. The molecular formula is C48H64N3O19S4+. The molecule has 0 saturated heterocycles. The smallest absolute Gasteiger partial charge is 0.333 e. The van der Waals surface area contributed by atoms with Crippen molar-refractivity contribution in [1.82, 2.24) is 4.73 Å². The van der Waals surface area contributed by atoms with Crippen LogP contribution in [0.15, 0.2) is 107 Å². The third-order valence-electron chi connectivity index (χ3n) is 12.6. The molecule has 6 N–H and O–H groups in total. The molecule has 74 heavy (non-hydrogen) atoms. The van der Waals surface area contributed by atoms with E-state index in [1.807, 2.05) is 9.48 Å². The first-order chi connectivity index (χ1) is 34.7. The number of hydrogen-bond donors (Lipinski definition) is 6. The zero-order chi connectivity index (χ0) is 54.5. The number of hydrogen-bond acceptors (Lipinski definition) is 16. The molecule has 2 aliphatic rings. The summed E-state index contributed by atoms with van der Waals surface area (Å²) in [6.45, 7) is 5.77. The molecule has 3 heterocycles. The Morgan fingerprint density at radius 3 is 1.81 bits per heavy atom. The molecule has 0 aliphatic carbocycles. The summed E-state index contributed by atoms with van der Waals surface area (Å²) in [5.41, 5.74) is 1.28. The highest BCUT2D eigenvalue weighted by Crippen LogP contribution is 2.51. The summed E-state index contributed by atoms with van der Waals surface area (Å²) in [4.78, 5) is 18.7. The van der Waals surface area contributed by atoms with Crippen LogP contribution in [0.25, 0.3) is 0 Å². The highest BCUT2D eigenvalue weighted by molar-refractivity contribution is 7.86. The number of nitrogens with zero attached hydrogens (tertiary/aromatic N) is 3. The lowest BCUT2D eigenvalue weighted by Crippen LogP contribution is -2.32. The summed E-state index contributed by atoms with van der Waals surface area (Å²) in [5, 5.41) is 19.6. The summed E-state index contributed by atoms with van der Waals surface area (Å²) >= 11 is 0. The van der Waals surface area contributed by atoms with Gasteiger partial charge in [0.1, 0.15) is 6.54 Å². The Balaban J connectivity index is 1.46. The molecule has 1 aromatic heterocycles. The van der Waals surface area contributed by atoms with E-state index in [2.05, 4.69) is 0 Å². The van der Waals surface area contributed by atoms with Crippen molar-refractivity contribution in [2.75, 3.05) is 69.6 Å². The van der Waals surface area contributed by atoms with Gasteiger partial charge in [-0.2, -0.15) is 38.2 Å². The van der Waals surface area contributed by atoms with E-state index in [9.17, 15) is 66.9 Å². The van der Waals surface area contributed by atoms with E-state index < -0.39 is 80.5 Å². The van der Waals surface area contributed by atoms with Crippen LogP contribution >= 0.6 is 0 Å². The molecule has 0 saturated carbocycles. The van der Waals surface area contributed by atoms with Crippen molar-refractivity contribution in [2.45, 2.75) is 85.8 Å². The van der Waals surface area contributed by atoms with Crippen molar-refractivity contribution in [3.8, 4) is 11.8 Å². The Labute approximate surface area is 431 Å². The Kier molecular flexibility index (Phi) is 20.6. The maximum atomic E-state index is 12.5. The highest BCUT2D eigenvalue weighted by atomic mass is 32.2. The summed E-state index contributed by atoms with van der Waals surface area (Å²) in [5.74, 6) is -2.78. The van der Waals surface area contributed by atoms with Crippen molar-refractivity contribution >= 4 is 63.5 Å². The summed E-state index contributed by atoms with van der Waals surface area (Å²) in [7, 11) is -16.5. The van der Waals surface area contributed by atoms with Crippen LogP contribution in [-0.2, 0) is 70.3 Å². The number of unbranched alkanes of at least 4 members (excludes halogenated alkanes) is 2. The third kappa shape index (κ3) is 16.1. The number of anilines is 1. The monoisotopic (exact) mass is 1110 g/mol. The number of allylic oxidation sites excluding steroid dienone is 8. The van der Waals surface area contributed by atoms with Crippen LogP contribution < -0.4 is 9.74 Å². The number of aromatic nitrogens is 1. The van der Waals surface area contributed by atoms with Gasteiger partial charge >= 0.3 is 5.97 Å². The highest BCUT2D eigenvalue weighted by Gasteiger charge is 2.48. The van der Waals surface area contributed by atoms with Crippen molar-refractivity contribution < 1.29 is 90.5 Å². The molecule has 2 unspecified atom stereocenters. The minimum atomic E-state index is -4.67. The Hall–Kier alpha value is -5.26. The van der Waals surface area contributed by atoms with Crippen LogP contribution in [-0.4, -0.2) is 148 Å². The van der Waals surface area contributed by atoms with Crippen LogP contribution in [0.2, 0.25) is 0 Å². The molecule has 26 heteroatoms. The van der Waals surface area contributed by atoms with E-state index in [4.69, 9.17) is 19.0 Å². The average molecular weight is 1120 g/mol. The topological polar surface area (TPSA) is 323 Å². The molecule has 0 bridgehead atoms. The minimum absolute atomic E-state index is 0.00685. The summed E-state index contributed by atoms with van der Waals surface area (Å²) in [6.07, 6.45) is 13.6. The molecule has 0 radical (unpaired) electrons. The number of benzene rings is 2. The van der Waals surface area contributed by atoms with Crippen LogP contribution in [0.3, 0.4) is 0 Å². The van der Waals surface area contributed by atoms with Gasteiger partial charge in [0.25, 0.3) is 40.5 Å². The van der Waals surface area contributed by atoms with Gasteiger partial charge in [0.15, 0.2) is 5.71 Å². The van der Waals surface area contributed by atoms with Crippen molar-refractivity contribution in [1.29, 1.82) is 0 Å². The van der Waals surface area contributed by atoms with Crippen molar-refractivity contribution in [3.05, 3.63) is 108 Å². The van der Waals surface area contributed by atoms with E-state index in [1.54, 1.807) is 69.6 Å². The van der Waals surface area contributed by atoms with E-state index in [0.29, 0.717) is 84.3 Å². The van der Waals surface area contributed by atoms with Gasteiger partial charge in [-0.05, 0) is 94.3 Å². The second-order valence-electron chi connectivity index (χ2n) is 18.0. The largest absolute Gasteiger partial charge is 0.492 e. The fourth-order valence-corrected chi connectivity index (χ4v) is 11.1. The second-order valence-corrected chi connectivity index (χ2v) is 23.9. The number of carbonyl (C=O) groups excluding carboxylic acids is 1. The maximum absolute atomic E-state index is 12.5. The van der Waals surface area contributed by atoms with Crippen molar-refractivity contribution in [2.24, 2.45) is 0 Å². The molecule has 22 nitrogen and oxygen atoms in total. The number of carbonyl (C=O) groups is 1. The van der Waals surface area contributed by atoms with E-state index in [0.717, 1.165) is 12.1 Å². The molecule has 0 amide bonds. The van der Waals surface area contributed by atoms with E-state index in [-0.39, 0.29) is 61.7 Å². The molecule has 2 aliphatic heterocycles. The van der Waals surface area contributed by atoms with Crippen LogP contribution in [0, 0.1) is 0 Å². The molecule has 5 rings (SSSR count). The number of methoxy groups -OCH3 is 1. The Bertz CT molecular complexity index is 3090. The summed E-state index contributed by atoms with van der Waals surface area (Å²) in [6, 6.07) is 10.6. The van der Waals surface area contributed by atoms with E-state index in [1.165, 1.54) is 30.3 Å². The van der Waals surface area contributed by atoms with Crippen LogP contribution in [0.1, 0.15) is 76.3 Å². The van der Waals surface area contributed by atoms with Crippen LogP contribution in [0.5, 0.6) is 11.8 Å². The zero-order valence-corrected chi connectivity index (χ0v) is 44.4. The standard InChI is InChI=1S/C48H63N3O19S4/c1-47(23-12-32-71(55,56)57)38-34-36(73(61,62)63)17-19-40(38)49(25-11-7-10-16-46(54)70-51-44(52)21-22-45(51)53)42(47)14-8-5-4-6-9-15-43-48(2,24-13-33-72(58,59)60)39-35-37(74(64,65)66)18-20-41(39)50(43)26-27-68-30-31-69-29-28-67-3/h4-6,8-9,14-15,17-22,34-35H,7,10-13,16,23-33H2,1-3H3,(H5-,52,53,55,56,57,58,59,60,61,62,63,64,65,66)/p+1. The summed E-state index contributed by atoms with van der Waals surface area (Å²) < 4.78 is 155. The van der Waals surface area contributed by atoms with Gasteiger partial charge in [0.05, 0.1) is 59.7 Å². The number of fused-ring (bicyclic) bond motifs is 2. The lowest BCUT2D eigenvalue weighted by molar-refractivity contribution is -0.438. The van der Waals surface area contributed by atoms with Gasteiger partial charge in [-0.3, -0.25) is 18.2 Å². The zero-order valence-electron chi connectivity index (χ0n) is 41.1. The maximum Gasteiger partial charge on any atom is 0.333 e. The normalized spacial score (nSPS) is 19.0. The lowest BCUT2D eigenvalue weighted by atomic mass is 9.76. The Morgan fingerprint density at radius 1 is 0.649 bits per heavy atom. The van der Waals surface area contributed by atoms with Gasteiger partial charge in [-0.1, -0.05) is 30.4 Å². The minimum Gasteiger partial charge on any atom is -0.492 e. The quantitative estimate of drug-likeness (QED) is 0.0213. The number of aromatic hydroxyl groups is 2. The van der Waals surface area contributed by atoms with Gasteiger partial charge in [-0.15, -0.1) is 4.73 Å². The molecule has 2 aromatic carbocycles. The molecule has 0 fully saturated rings. The lowest BCUT2D eigenvalue weighted by Gasteiger charge is -2.30. The van der Waals surface area contributed by atoms with Crippen molar-refractivity contribution in [3.63, 3.8) is 0 Å². The third-order valence-corrected chi connectivity index (χ3v) is 16.0. The predicted octanol–water partition coefficient (Wildman–Crippen LogP) is 5.31. The van der Waals surface area contributed by atoms with Gasteiger partial charge < -0.3 is 34.2 Å². The second kappa shape index (κ2) is 25.5. The first kappa shape index (κ1) is 59.6. The fourth-order valence-electron chi connectivity index (χ4n) is 9.07. The molecular weight excluding hydrogens is 1050 g/mol. The Morgan fingerprint density at radius 2 is 1.20 bits per heavy atom. The molecule has 2 atom stereocenters. The number of rotatable bonds is 30. The van der Waals surface area contributed by atoms with Gasteiger partial charge in [0.2, 0.25) is 17.4 Å². The molecule has 0 spiro atoms.